The molecule has 2 N–H and O–H groups in total. The summed E-state index contributed by atoms with van der Waals surface area (Å²) < 4.78 is 0. The van der Waals surface area contributed by atoms with Crippen molar-refractivity contribution >= 4 is 17.5 Å². The molecule has 1 fully saturated rings. The molecule has 0 saturated carbocycles. The van der Waals surface area contributed by atoms with Crippen molar-refractivity contribution in [3.05, 3.63) is 42.1 Å². The second-order valence-electron chi connectivity index (χ2n) is 7.80. The fraction of sp³-hybridized carbons (Fsp3) is 0.524. The number of carbonyl (C=O) groups excluding carboxylic acids is 2. The number of rotatable bonds is 8. The van der Waals surface area contributed by atoms with E-state index >= 15 is 0 Å². The van der Waals surface area contributed by atoms with E-state index in [2.05, 4.69) is 34.1 Å². The van der Waals surface area contributed by atoms with Crippen LogP contribution < -0.4 is 5.32 Å². The van der Waals surface area contributed by atoms with Gasteiger partial charge in [-0.1, -0.05) is 13.8 Å². The summed E-state index contributed by atoms with van der Waals surface area (Å²) in [6.07, 6.45) is 8.26. The second kappa shape index (κ2) is 9.48. The first-order chi connectivity index (χ1) is 13.5. The standard InChI is InChI=1S/C21H29N5O2/c1-15(2)12-18(27)17-4-3-11-26(14-17)21(28)16-5-6-19(25-13-16)22-8-7-20-23-9-10-24-20/h5-6,9-10,13,15,17H,3-4,7-8,11-12,14H2,1-2H3,(H,22,25)(H,23,24)/t17-/m1/s1. The van der Waals surface area contributed by atoms with Gasteiger partial charge in [0.1, 0.15) is 17.4 Å². The molecule has 0 aromatic carbocycles. The molecule has 7 nitrogen and oxygen atoms in total. The van der Waals surface area contributed by atoms with E-state index in [9.17, 15) is 9.59 Å². The Labute approximate surface area is 166 Å². The number of aromatic nitrogens is 3. The molecule has 7 heteroatoms. The number of imidazole rings is 1. The van der Waals surface area contributed by atoms with E-state index in [1.54, 1.807) is 29.6 Å². The molecule has 1 saturated heterocycles. The van der Waals surface area contributed by atoms with Crippen LogP contribution in [0.3, 0.4) is 0 Å². The lowest BCUT2D eigenvalue weighted by Crippen LogP contribution is -2.42. The van der Waals surface area contributed by atoms with E-state index < -0.39 is 0 Å². The molecule has 1 amide bonds. The zero-order valence-electron chi connectivity index (χ0n) is 16.6. The Morgan fingerprint density at radius 2 is 2.18 bits per heavy atom. The number of aromatic amines is 1. The molecule has 2 aromatic heterocycles. The molecule has 150 valence electrons. The summed E-state index contributed by atoms with van der Waals surface area (Å²) in [7, 11) is 0. The van der Waals surface area contributed by atoms with Crippen LogP contribution in [0.25, 0.3) is 0 Å². The monoisotopic (exact) mass is 383 g/mol. The first kappa shape index (κ1) is 20.0. The summed E-state index contributed by atoms with van der Waals surface area (Å²) in [6.45, 7) is 6.04. The highest BCUT2D eigenvalue weighted by molar-refractivity contribution is 5.94. The van der Waals surface area contributed by atoms with Gasteiger partial charge < -0.3 is 15.2 Å². The van der Waals surface area contributed by atoms with Gasteiger partial charge in [-0.3, -0.25) is 9.59 Å². The van der Waals surface area contributed by atoms with Crippen LogP contribution in [0.2, 0.25) is 0 Å². The minimum absolute atomic E-state index is 0.0319. The Morgan fingerprint density at radius 3 is 2.86 bits per heavy atom. The Morgan fingerprint density at radius 1 is 1.32 bits per heavy atom. The summed E-state index contributed by atoms with van der Waals surface area (Å²) in [5, 5.41) is 3.23. The third kappa shape index (κ3) is 5.41. The van der Waals surface area contributed by atoms with Crippen LogP contribution in [0.1, 0.15) is 49.3 Å². The maximum Gasteiger partial charge on any atom is 0.255 e. The molecule has 0 bridgehead atoms. The zero-order chi connectivity index (χ0) is 19.9. The number of pyridine rings is 1. The lowest BCUT2D eigenvalue weighted by atomic mass is 9.89. The molecule has 0 spiro atoms. The van der Waals surface area contributed by atoms with Gasteiger partial charge in [0.25, 0.3) is 5.91 Å². The van der Waals surface area contributed by atoms with Crippen molar-refractivity contribution in [2.75, 3.05) is 25.0 Å². The number of likely N-dealkylation sites (tertiary alicyclic amines) is 1. The third-order valence-electron chi connectivity index (χ3n) is 5.01. The van der Waals surface area contributed by atoms with E-state index in [0.717, 1.165) is 30.9 Å². The quantitative estimate of drug-likeness (QED) is 0.731. The van der Waals surface area contributed by atoms with Gasteiger partial charge in [0.05, 0.1) is 5.56 Å². The molecule has 3 heterocycles. The third-order valence-corrected chi connectivity index (χ3v) is 5.01. The van der Waals surface area contributed by atoms with Gasteiger partial charge >= 0.3 is 0 Å². The van der Waals surface area contributed by atoms with Gasteiger partial charge in [0, 0.05) is 57.0 Å². The smallest absolute Gasteiger partial charge is 0.255 e. The van der Waals surface area contributed by atoms with Gasteiger partial charge in [0.15, 0.2) is 0 Å². The van der Waals surface area contributed by atoms with Gasteiger partial charge in [-0.2, -0.15) is 0 Å². The molecule has 0 unspecified atom stereocenters. The fourth-order valence-corrected chi connectivity index (χ4v) is 3.54. The van der Waals surface area contributed by atoms with Crippen LogP contribution >= 0.6 is 0 Å². The number of H-pyrrole nitrogens is 1. The molecule has 1 aliphatic heterocycles. The first-order valence-electron chi connectivity index (χ1n) is 10.0. The molecule has 1 atom stereocenters. The van der Waals surface area contributed by atoms with Crippen molar-refractivity contribution < 1.29 is 9.59 Å². The largest absolute Gasteiger partial charge is 0.370 e. The molecule has 1 aliphatic rings. The van der Waals surface area contributed by atoms with Crippen LogP contribution in [0, 0.1) is 11.8 Å². The first-order valence-corrected chi connectivity index (χ1v) is 10.0. The van der Waals surface area contributed by atoms with E-state index in [1.807, 2.05) is 6.07 Å². The Kier molecular flexibility index (Phi) is 6.79. The average molecular weight is 383 g/mol. The SMILES string of the molecule is CC(C)CC(=O)[C@@H]1CCCN(C(=O)c2ccc(NCCc3ncc[nH]3)nc2)C1. The van der Waals surface area contributed by atoms with Crippen molar-refractivity contribution in [3.63, 3.8) is 0 Å². The summed E-state index contributed by atoms with van der Waals surface area (Å²) in [6, 6.07) is 3.62. The minimum atomic E-state index is -0.0447. The molecule has 28 heavy (non-hydrogen) atoms. The molecule has 0 aliphatic carbocycles. The molecule has 2 aromatic rings. The number of nitrogens with zero attached hydrogens (tertiary/aromatic N) is 3. The van der Waals surface area contributed by atoms with E-state index in [-0.39, 0.29) is 17.6 Å². The lowest BCUT2D eigenvalue weighted by Gasteiger charge is -2.32. The van der Waals surface area contributed by atoms with Crippen molar-refractivity contribution in [1.29, 1.82) is 0 Å². The fourth-order valence-electron chi connectivity index (χ4n) is 3.54. The number of piperidine rings is 1. The highest BCUT2D eigenvalue weighted by Gasteiger charge is 2.29. The van der Waals surface area contributed by atoms with Crippen molar-refractivity contribution in [1.82, 2.24) is 19.9 Å². The Balaban J connectivity index is 1.52. The average Bonchev–Trinajstić information content (AvgIpc) is 3.21. The number of Topliss-reactive ketones (excluding diaryl/α,β-unsaturated/α-hetero) is 1. The molecular weight excluding hydrogens is 354 g/mol. The van der Waals surface area contributed by atoms with Crippen LogP contribution in [0.15, 0.2) is 30.7 Å². The number of hydrogen-bond acceptors (Lipinski definition) is 5. The predicted molar refractivity (Wildman–Crippen MR) is 108 cm³/mol. The highest BCUT2D eigenvalue weighted by Crippen LogP contribution is 2.22. The van der Waals surface area contributed by atoms with Gasteiger partial charge in [-0.05, 0) is 30.9 Å². The van der Waals surface area contributed by atoms with E-state index in [1.165, 1.54) is 0 Å². The van der Waals surface area contributed by atoms with Gasteiger partial charge in [-0.25, -0.2) is 9.97 Å². The summed E-state index contributed by atoms with van der Waals surface area (Å²) in [5.74, 6) is 2.21. The summed E-state index contributed by atoms with van der Waals surface area (Å²) >= 11 is 0. The Bertz CT molecular complexity index is 771. The van der Waals surface area contributed by atoms with Gasteiger partial charge in [-0.15, -0.1) is 0 Å². The molecular formula is C21H29N5O2. The number of nitrogens with one attached hydrogen (secondary N) is 2. The maximum absolute atomic E-state index is 12.8. The minimum Gasteiger partial charge on any atom is -0.370 e. The zero-order valence-corrected chi connectivity index (χ0v) is 16.6. The molecule has 3 rings (SSSR count). The van der Waals surface area contributed by atoms with E-state index in [4.69, 9.17) is 0 Å². The summed E-state index contributed by atoms with van der Waals surface area (Å²) in [4.78, 5) is 38.6. The van der Waals surface area contributed by atoms with Crippen LogP contribution in [0.5, 0.6) is 0 Å². The van der Waals surface area contributed by atoms with E-state index in [0.29, 0.717) is 37.5 Å². The number of hydrogen-bond donors (Lipinski definition) is 2. The maximum atomic E-state index is 12.8. The molecule has 0 radical (unpaired) electrons. The summed E-state index contributed by atoms with van der Waals surface area (Å²) in [5.41, 5.74) is 0.563. The van der Waals surface area contributed by atoms with Crippen molar-refractivity contribution in [2.24, 2.45) is 11.8 Å². The van der Waals surface area contributed by atoms with Crippen LogP contribution in [-0.2, 0) is 11.2 Å². The highest BCUT2D eigenvalue weighted by atomic mass is 16.2. The number of amides is 1. The second-order valence-corrected chi connectivity index (χ2v) is 7.80. The van der Waals surface area contributed by atoms with Crippen LogP contribution in [0.4, 0.5) is 5.82 Å². The normalized spacial score (nSPS) is 17.0. The number of ketones is 1. The van der Waals surface area contributed by atoms with Crippen molar-refractivity contribution in [3.8, 4) is 0 Å². The predicted octanol–water partition coefficient (Wildman–Crippen LogP) is 2.93. The van der Waals surface area contributed by atoms with Crippen molar-refractivity contribution in [2.45, 2.75) is 39.5 Å². The van der Waals surface area contributed by atoms with Gasteiger partial charge in [0.2, 0.25) is 0 Å². The lowest BCUT2D eigenvalue weighted by molar-refractivity contribution is -0.124. The topological polar surface area (TPSA) is 91.0 Å². The number of anilines is 1. The van der Waals surface area contributed by atoms with Crippen LogP contribution in [-0.4, -0.2) is 51.2 Å². The number of carbonyl (C=O) groups is 2. The Hall–Kier alpha value is -2.70.